The van der Waals surface area contributed by atoms with E-state index in [1.807, 2.05) is 0 Å². The number of aromatic carboxylic acids is 1. The fourth-order valence-corrected chi connectivity index (χ4v) is 1.18. The molecule has 0 unspecified atom stereocenters. The molecule has 1 rings (SSSR count). The molecule has 0 radical (unpaired) electrons. The topological polar surface area (TPSA) is 74.6 Å². The van der Waals surface area contributed by atoms with Crippen LogP contribution in [-0.4, -0.2) is 22.2 Å². The van der Waals surface area contributed by atoms with E-state index in [9.17, 15) is 9.59 Å². The van der Waals surface area contributed by atoms with Crippen LogP contribution in [0.4, 0.5) is 0 Å². The zero-order valence-corrected chi connectivity index (χ0v) is 7.65. The minimum atomic E-state index is -1.03. The number of hydrogen-bond donors (Lipinski definition) is 2. The van der Waals surface area contributed by atoms with Crippen LogP contribution in [0.25, 0.3) is 0 Å². The van der Waals surface area contributed by atoms with Crippen LogP contribution in [0.5, 0.6) is 0 Å². The van der Waals surface area contributed by atoms with Crippen LogP contribution in [0.3, 0.4) is 0 Å². The summed E-state index contributed by atoms with van der Waals surface area (Å²) in [5, 5.41) is 17.3. The fraction of sp³-hybridized carbons (Fsp3) is 0.200. The number of carboxylic acid groups (broad SMARTS) is 2. The Balaban J connectivity index is 3.06. The van der Waals surface area contributed by atoms with E-state index in [1.54, 1.807) is 19.1 Å². The lowest BCUT2D eigenvalue weighted by atomic mass is 10.0. The number of aliphatic carboxylic acids is 1. The van der Waals surface area contributed by atoms with Gasteiger partial charge < -0.3 is 10.2 Å². The van der Waals surface area contributed by atoms with Gasteiger partial charge in [-0.1, -0.05) is 12.1 Å². The van der Waals surface area contributed by atoms with Gasteiger partial charge in [-0.05, 0) is 24.1 Å². The Morgan fingerprint density at radius 3 is 2.43 bits per heavy atom. The predicted molar refractivity (Wildman–Crippen MR) is 49.5 cm³/mol. The number of carboxylic acids is 2. The van der Waals surface area contributed by atoms with Crippen LogP contribution in [0.2, 0.25) is 0 Å². The lowest BCUT2D eigenvalue weighted by molar-refractivity contribution is -0.136. The first-order valence-electron chi connectivity index (χ1n) is 4.05. The average Bonchev–Trinajstić information content (AvgIpc) is 2.07. The summed E-state index contributed by atoms with van der Waals surface area (Å²) in [6.07, 6.45) is -0.152. The first-order chi connectivity index (χ1) is 6.50. The molecule has 14 heavy (non-hydrogen) atoms. The summed E-state index contributed by atoms with van der Waals surface area (Å²) in [4.78, 5) is 21.1. The van der Waals surface area contributed by atoms with E-state index in [1.165, 1.54) is 6.07 Å². The summed E-state index contributed by atoms with van der Waals surface area (Å²) in [6.45, 7) is 1.67. The van der Waals surface area contributed by atoms with Crippen molar-refractivity contribution in [3.05, 3.63) is 34.9 Å². The van der Waals surface area contributed by atoms with E-state index in [0.717, 1.165) is 0 Å². The van der Waals surface area contributed by atoms with Gasteiger partial charge in [0.1, 0.15) is 0 Å². The van der Waals surface area contributed by atoms with Crippen molar-refractivity contribution in [3.63, 3.8) is 0 Å². The van der Waals surface area contributed by atoms with Crippen molar-refractivity contribution in [2.75, 3.05) is 0 Å². The maximum Gasteiger partial charge on any atom is 0.335 e. The predicted octanol–water partition coefficient (Wildman–Crippen LogP) is 1.32. The number of rotatable bonds is 3. The molecule has 74 valence electrons. The highest BCUT2D eigenvalue weighted by Crippen LogP contribution is 2.11. The summed E-state index contributed by atoms with van der Waals surface area (Å²) >= 11 is 0. The van der Waals surface area contributed by atoms with E-state index in [4.69, 9.17) is 10.2 Å². The second-order valence-electron chi connectivity index (χ2n) is 3.02. The minimum Gasteiger partial charge on any atom is -0.481 e. The molecule has 1 aromatic rings. The quantitative estimate of drug-likeness (QED) is 0.760. The Labute approximate surface area is 80.8 Å². The van der Waals surface area contributed by atoms with Crippen LogP contribution in [-0.2, 0) is 11.2 Å². The molecule has 0 bridgehead atoms. The van der Waals surface area contributed by atoms with Crippen molar-refractivity contribution in [1.82, 2.24) is 0 Å². The molecule has 0 spiro atoms. The maximum atomic E-state index is 10.7. The van der Waals surface area contributed by atoms with Crippen LogP contribution in [0, 0.1) is 6.92 Å². The molecule has 0 aliphatic carbocycles. The minimum absolute atomic E-state index is 0.152. The molecule has 1 aromatic carbocycles. The standard InChI is InChI=1S/C10H10O4/c1-6-2-3-7(5-9(11)12)4-8(6)10(13)14/h2-4H,5H2,1H3,(H,11,12)(H,13,14). The third-order valence-corrected chi connectivity index (χ3v) is 1.89. The summed E-state index contributed by atoms with van der Waals surface area (Å²) in [7, 11) is 0. The molecule has 0 heterocycles. The van der Waals surface area contributed by atoms with Gasteiger partial charge in [0.2, 0.25) is 0 Å². The molecule has 0 atom stereocenters. The maximum absolute atomic E-state index is 10.7. The highest BCUT2D eigenvalue weighted by Gasteiger charge is 2.09. The highest BCUT2D eigenvalue weighted by atomic mass is 16.4. The number of benzene rings is 1. The van der Waals surface area contributed by atoms with Gasteiger partial charge in [-0.3, -0.25) is 4.79 Å². The molecule has 0 fully saturated rings. The molecule has 4 nitrogen and oxygen atoms in total. The van der Waals surface area contributed by atoms with Gasteiger partial charge >= 0.3 is 11.9 Å². The van der Waals surface area contributed by atoms with Crippen molar-refractivity contribution in [3.8, 4) is 0 Å². The summed E-state index contributed by atoms with van der Waals surface area (Å²) in [5.41, 5.74) is 1.29. The van der Waals surface area contributed by atoms with Gasteiger partial charge in [0.05, 0.1) is 12.0 Å². The van der Waals surface area contributed by atoms with Crippen LogP contribution in [0.15, 0.2) is 18.2 Å². The van der Waals surface area contributed by atoms with Crippen molar-refractivity contribution < 1.29 is 19.8 Å². The van der Waals surface area contributed by atoms with Crippen LogP contribution < -0.4 is 0 Å². The van der Waals surface area contributed by atoms with Crippen molar-refractivity contribution in [2.24, 2.45) is 0 Å². The largest absolute Gasteiger partial charge is 0.481 e. The van der Waals surface area contributed by atoms with Gasteiger partial charge in [-0.25, -0.2) is 4.79 Å². The van der Waals surface area contributed by atoms with Crippen molar-refractivity contribution in [1.29, 1.82) is 0 Å². The molecule has 0 aliphatic heterocycles. The fourth-order valence-electron chi connectivity index (χ4n) is 1.18. The number of hydrogen-bond acceptors (Lipinski definition) is 2. The average molecular weight is 194 g/mol. The van der Waals surface area contributed by atoms with E-state index < -0.39 is 11.9 Å². The third kappa shape index (κ3) is 2.32. The Morgan fingerprint density at radius 2 is 1.93 bits per heavy atom. The lowest BCUT2D eigenvalue weighted by Gasteiger charge is -2.02. The first-order valence-corrected chi connectivity index (χ1v) is 4.05. The van der Waals surface area contributed by atoms with E-state index >= 15 is 0 Å². The van der Waals surface area contributed by atoms with Gasteiger partial charge in [0, 0.05) is 0 Å². The molecule has 0 aromatic heterocycles. The Bertz CT molecular complexity index is 382. The summed E-state index contributed by atoms with van der Waals surface area (Å²) in [5.74, 6) is -2.00. The Morgan fingerprint density at radius 1 is 1.29 bits per heavy atom. The second-order valence-corrected chi connectivity index (χ2v) is 3.02. The normalized spacial score (nSPS) is 9.79. The van der Waals surface area contributed by atoms with E-state index in [0.29, 0.717) is 11.1 Å². The van der Waals surface area contributed by atoms with Gasteiger partial charge in [0.15, 0.2) is 0 Å². The molecule has 4 heteroatoms. The van der Waals surface area contributed by atoms with Crippen molar-refractivity contribution in [2.45, 2.75) is 13.3 Å². The van der Waals surface area contributed by atoms with Crippen LogP contribution in [0.1, 0.15) is 21.5 Å². The zero-order valence-electron chi connectivity index (χ0n) is 7.65. The van der Waals surface area contributed by atoms with E-state index in [2.05, 4.69) is 0 Å². The molecular weight excluding hydrogens is 184 g/mol. The van der Waals surface area contributed by atoms with Gasteiger partial charge in [-0.2, -0.15) is 0 Å². The number of carbonyl (C=O) groups is 2. The summed E-state index contributed by atoms with van der Waals surface area (Å²) < 4.78 is 0. The van der Waals surface area contributed by atoms with Crippen LogP contribution >= 0.6 is 0 Å². The number of aryl methyl sites for hydroxylation is 1. The Hall–Kier alpha value is -1.84. The SMILES string of the molecule is Cc1ccc(CC(=O)O)cc1C(=O)O. The van der Waals surface area contributed by atoms with E-state index in [-0.39, 0.29) is 12.0 Å². The molecule has 0 amide bonds. The summed E-state index contributed by atoms with van der Waals surface area (Å²) in [6, 6.07) is 4.63. The molecule has 2 N–H and O–H groups in total. The molecule has 0 saturated carbocycles. The van der Waals surface area contributed by atoms with Gasteiger partial charge in [0.25, 0.3) is 0 Å². The molecular formula is C10H10O4. The van der Waals surface area contributed by atoms with Gasteiger partial charge in [-0.15, -0.1) is 0 Å². The highest BCUT2D eigenvalue weighted by molar-refractivity contribution is 5.89. The molecule has 0 aliphatic rings. The Kier molecular flexibility index (Phi) is 2.86. The molecule has 0 saturated heterocycles. The first kappa shape index (κ1) is 10.2. The lowest BCUT2D eigenvalue weighted by Crippen LogP contribution is -2.04. The third-order valence-electron chi connectivity index (χ3n) is 1.89. The smallest absolute Gasteiger partial charge is 0.335 e. The second kappa shape index (κ2) is 3.91. The zero-order chi connectivity index (χ0) is 10.7. The monoisotopic (exact) mass is 194 g/mol. The van der Waals surface area contributed by atoms with Crippen molar-refractivity contribution >= 4 is 11.9 Å².